The van der Waals surface area contributed by atoms with Gasteiger partial charge < -0.3 is 4.74 Å². The summed E-state index contributed by atoms with van der Waals surface area (Å²) in [6.45, 7) is 3.60. The van der Waals surface area contributed by atoms with E-state index in [1.807, 2.05) is 0 Å². The van der Waals surface area contributed by atoms with E-state index in [-0.39, 0.29) is 30.7 Å². The minimum atomic E-state index is -0.411. The molecule has 0 fully saturated rings. The Morgan fingerprint density at radius 1 is 1.42 bits per heavy atom. The lowest BCUT2D eigenvalue weighted by molar-refractivity contribution is -0.144. The van der Waals surface area contributed by atoms with Crippen molar-refractivity contribution < 1.29 is 14.3 Å². The molecule has 0 saturated heterocycles. The van der Waals surface area contributed by atoms with Gasteiger partial charge in [0, 0.05) is 6.42 Å². The third-order valence-electron chi connectivity index (χ3n) is 2.42. The van der Waals surface area contributed by atoms with Gasteiger partial charge >= 0.3 is 5.97 Å². The highest BCUT2D eigenvalue weighted by Gasteiger charge is 2.11. The summed E-state index contributed by atoms with van der Waals surface area (Å²) < 4.78 is 6.28. The normalized spacial score (nSPS) is 10.3. The second-order valence-corrected chi connectivity index (χ2v) is 4.71. The van der Waals surface area contributed by atoms with Gasteiger partial charge in [-0.2, -0.15) is 0 Å². The third kappa shape index (κ3) is 4.59. The number of halogens is 1. The van der Waals surface area contributed by atoms with E-state index in [2.05, 4.69) is 20.9 Å². The third-order valence-corrected chi connectivity index (χ3v) is 3.33. The van der Waals surface area contributed by atoms with E-state index in [9.17, 15) is 14.4 Å². The number of hydrogen-bond donors (Lipinski definition) is 0. The van der Waals surface area contributed by atoms with Gasteiger partial charge in [-0.3, -0.25) is 19.0 Å². The van der Waals surface area contributed by atoms with Crippen LogP contribution in [-0.2, 0) is 20.9 Å². The minimum Gasteiger partial charge on any atom is -0.466 e. The molecule has 0 aliphatic carbocycles. The lowest BCUT2D eigenvalue weighted by Crippen LogP contribution is -2.26. The summed E-state index contributed by atoms with van der Waals surface area (Å²) in [5.41, 5.74) is 0.261. The van der Waals surface area contributed by atoms with Crippen LogP contribution in [0.4, 0.5) is 0 Å². The fourth-order valence-corrected chi connectivity index (χ4v) is 1.73. The summed E-state index contributed by atoms with van der Waals surface area (Å²) in [6, 6.07) is 0. The molecule has 1 aromatic rings. The highest BCUT2D eigenvalue weighted by Crippen LogP contribution is 2.06. The number of hydrogen-bond acceptors (Lipinski definition) is 5. The van der Waals surface area contributed by atoms with Gasteiger partial charge in [-0.1, -0.05) is 0 Å². The van der Waals surface area contributed by atoms with Gasteiger partial charge in [0.25, 0.3) is 5.56 Å². The van der Waals surface area contributed by atoms with Crippen molar-refractivity contribution in [2.45, 2.75) is 33.2 Å². The molecular weight excluding hydrogens is 316 g/mol. The SMILES string of the molecule is CCOC(=O)CCC(=O)Cn1cnc(C)c(Br)c1=O. The van der Waals surface area contributed by atoms with Gasteiger partial charge in [0.15, 0.2) is 5.78 Å². The summed E-state index contributed by atoms with van der Waals surface area (Å²) in [5, 5.41) is 0. The maximum absolute atomic E-state index is 11.8. The number of carbonyl (C=O) groups excluding carboxylic acids is 2. The average Bonchev–Trinajstić information content (AvgIpc) is 2.37. The highest BCUT2D eigenvalue weighted by atomic mass is 79.9. The molecule has 1 rings (SSSR count). The van der Waals surface area contributed by atoms with Gasteiger partial charge in [-0.25, -0.2) is 4.98 Å². The first-order chi connectivity index (χ1) is 8.95. The van der Waals surface area contributed by atoms with E-state index in [0.717, 1.165) is 0 Å². The molecule has 104 valence electrons. The second kappa shape index (κ2) is 7.18. The molecule has 1 aromatic heterocycles. The predicted molar refractivity (Wildman–Crippen MR) is 71.8 cm³/mol. The molecular formula is C12H15BrN2O4. The summed E-state index contributed by atoms with van der Waals surface area (Å²) in [6.07, 6.45) is 1.41. The molecule has 0 atom stereocenters. The van der Waals surface area contributed by atoms with Crippen LogP contribution in [0.1, 0.15) is 25.5 Å². The molecule has 0 radical (unpaired) electrons. The zero-order chi connectivity index (χ0) is 14.4. The Bertz CT molecular complexity index is 539. The number of ether oxygens (including phenoxy) is 1. The highest BCUT2D eigenvalue weighted by molar-refractivity contribution is 9.10. The van der Waals surface area contributed by atoms with Crippen molar-refractivity contribution in [2.75, 3.05) is 6.61 Å². The van der Waals surface area contributed by atoms with Crippen molar-refractivity contribution in [1.82, 2.24) is 9.55 Å². The van der Waals surface area contributed by atoms with Crippen LogP contribution in [0.15, 0.2) is 15.6 Å². The molecule has 7 heteroatoms. The van der Waals surface area contributed by atoms with Crippen molar-refractivity contribution in [3.8, 4) is 0 Å². The Balaban J connectivity index is 2.61. The van der Waals surface area contributed by atoms with Crippen LogP contribution in [0, 0.1) is 6.92 Å². The lowest BCUT2D eigenvalue weighted by Gasteiger charge is -2.06. The summed E-state index contributed by atoms with van der Waals surface area (Å²) in [7, 11) is 0. The van der Waals surface area contributed by atoms with E-state index in [4.69, 9.17) is 4.74 Å². The Labute approximate surface area is 118 Å². The molecule has 0 amide bonds. The number of nitrogens with zero attached hydrogens (tertiary/aromatic N) is 2. The predicted octanol–water partition coefficient (Wildman–Crippen LogP) is 1.23. The molecule has 0 bridgehead atoms. The lowest BCUT2D eigenvalue weighted by atomic mass is 10.2. The molecule has 0 spiro atoms. The van der Waals surface area contributed by atoms with E-state index < -0.39 is 5.97 Å². The number of carbonyl (C=O) groups is 2. The van der Waals surface area contributed by atoms with Crippen molar-refractivity contribution >= 4 is 27.7 Å². The Morgan fingerprint density at radius 2 is 2.11 bits per heavy atom. The standard InChI is InChI=1S/C12H15BrN2O4/c1-3-19-10(17)5-4-9(16)6-15-7-14-8(2)11(13)12(15)18/h7H,3-6H2,1-2H3. The maximum Gasteiger partial charge on any atom is 0.306 e. The van der Waals surface area contributed by atoms with E-state index in [1.54, 1.807) is 13.8 Å². The first-order valence-corrected chi connectivity index (χ1v) is 6.63. The quantitative estimate of drug-likeness (QED) is 0.733. The van der Waals surface area contributed by atoms with Gasteiger partial charge in [0.2, 0.25) is 0 Å². The number of ketones is 1. The number of aryl methyl sites for hydroxylation is 1. The molecule has 0 unspecified atom stereocenters. The van der Waals surface area contributed by atoms with Gasteiger partial charge in [-0.05, 0) is 29.8 Å². The van der Waals surface area contributed by atoms with Crippen LogP contribution in [0.3, 0.4) is 0 Å². The van der Waals surface area contributed by atoms with E-state index in [0.29, 0.717) is 16.8 Å². The Kier molecular flexibility index (Phi) is 5.88. The fourth-order valence-electron chi connectivity index (χ4n) is 1.40. The molecule has 6 nitrogen and oxygen atoms in total. The number of esters is 1. The summed E-state index contributed by atoms with van der Waals surface area (Å²) in [4.78, 5) is 38.5. The molecule has 1 heterocycles. The average molecular weight is 331 g/mol. The monoisotopic (exact) mass is 330 g/mol. The minimum absolute atomic E-state index is 0.0296. The van der Waals surface area contributed by atoms with Crippen LogP contribution in [-0.4, -0.2) is 27.9 Å². The summed E-state index contributed by atoms with van der Waals surface area (Å²) in [5.74, 6) is -0.626. The fraction of sp³-hybridized carbons (Fsp3) is 0.500. The van der Waals surface area contributed by atoms with Crippen molar-refractivity contribution in [1.29, 1.82) is 0 Å². The van der Waals surface area contributed by atoms with Crippen molar-refractivity contribution in [3.05, 3.63) is 26.8 Å². The Hall–Kier alpha value is -1.50. The molecule has 19 heavy (non-hydrogen) atoms. The number of rotatable bonds is 6. The number of aromatic nitrogens is 2. The first kappa shape index (κ1) is 15.6. The van der Waals surface area contributed by atoms with E-state index >= 15 is 0 Å². The summed E-state index contributed by atoms with van der Waals surface area (Å²) >= 11 is 3.12. The molecule has 0 aliphatic rings. The largest absolute Gasteiger partial charge is 0.466 e. The zero-order valence-corrected chi connectivity index (χ0v) is 12.4. The molecule has 0 N–H and O–H groups in total. The van der Waals surface area contributed by atoms with Crippen LogP contribution in [0.5, 0.6) is 0 Å². The van der Waals surface area contributed by atoms with Crippen LogP contribution < -0.4 is 5.56 Å². The maximum atomic E-state index is 11.8. The van der Waals surface area contributed by atoms with Crippen LogP contribution in [0.25, 0.3) is 0 Å². The molecule has 0 aliphatic heterocycles. The van der Waals surface area contributed by atoms with Gasteiger partial charge in [-0.15, -0.1) is 0 Å². The number of Topliss-reactive ketones (excluding diaryl/α,β-unsaturated/α-hetero) is 1. The van der Waals surface area contributed by atoms with Gasteiger partial charge in [0.1, 0.15) is 4.47 Å². The smallest absolute Gasteiger partial charge is 0.306 e. The molecule has 0 saturated carbocycles. The van der Waals surface area contributed by atoms with Crippen molar-refractivity contribution in [2.24, 2.45) is 0 Å². The van der Waals surface area contributed by atoms with Crippen LogP contribution in [0.2, 0.25) is 0 Å². The van der Waals surface area contributed by atoms with Gasteiger partial charge in [0.05, 0.1) is 31.6 Å². The molecule has 0 aromatic carbocycles. The van der Waals surface area contributed by atoms with E-state index in [1.165, 1.54) is 10.9 Å². The topological polar surface area (TPSA) is 78.3 Å². The first-order valence-electron chi connectivity index (χ1n) is 5.84. The Morgan fingerprint density at radius 3 is 2.74 bits per heavy atom. The second-order valence-electron chi connectivity index (χ2n) is 3.92. The van der Waals surface area contributed by atoms with Crippen molar-refractivity contribution in [3.63, 3.8) is 0 Å². The zero-order valence-electron chi connectivity index (χ0n) is 10.8. The van der Waals surface area contributed by atoms with Crippen LogP contribution >= 0.6 is 15.9 Å².